The van der Waals surface area contributed by atoms with E-state index in [0.717, 1.165) is 4.70 Å². The first-order valence-corrected chi connectivity index (χ1v) is 5.71. The van der Waals surface area contributed by atoms with Crippen LogP contribution in [0.25, 0.3) is 10.1 Å². The lowest BCUT2D eigenvalue weighted by molar-refractivity contribution is -0.142. The van der Waals surface area contributed by atoms with Gasteiger partial charge in [0.15, 0.2) is 0 Å². The summed E-state index contributed by atoms with van der Waals surface area (Å²) in [5.41, 5.74) is -0.328. The molecular weight excluding hydrogens is 227 g/mol. The number of rotatable bonds is 2. The standard InChI is InChI=1S/C12H11FO2S/c1-12(2,11(14)15)9-6-16-10-4-3-7(13)5-8(9)10/h3-6H,1-2H3,(H,14,15). The van der Waals surface area contributed by atoms with Gasteiger partial charge in [0.05, 0.1) is 5.41 Å². The van der Waals surface area contributed by atoms with E-state index in [1.54, 1.807) is 25.3 Å². The summed E-state index contributed by atoms with van der Waals surface area (Å²) in [6.45, 7) is 3.25. The normalized spacial score (nSPS) is 11.9. The molecule has 2 rings (SSSR count). The number of carboxylic acids is 1. The molecule has 2 aromatic rings. The molecule has 0 aliphatic rings. The van der Waals surface area contributed by atoms with Gasteiger partial charge in [-0.05, 0) is 48.4 Å². The van der Waals surface area contributed by atoms with Gasteiger partial charge in [0, 0.05) is 4.70 Å². The SMILES string of the molecule is CC(C)(C(=O)O)c1csc2ccc(F)cc12. The molecule has 84 valence electrons. The number of carbonyl (C=O) groups is 1. The molecule has 0 saturated heterocycles. The smallest absolute Gasteiger partial charge is 0.313 e. The van der Waals surface area contributed by atoms with Crippen molar-refractivity contribution in [1.29, 1.82) is 0 Å². The molecule has 0 unspecified atom stereocenters. The van der Waals surface area contributed by atoms with Crippen molar-refractivity contribution < 1.29 is 14.3 Å². The molecule has 1 heterocycles. The summed E-state index contributed by atoms with van der Waals surface area (Å²) >= 11 is 1.44. The zero-order valence-electron chi connectivity index (χ0n) is 8.95. The first kappa shape index (κ1) is 11.1. The molecule has 0 spiro atoms. The van der Waals surface area contributed by atoms with Crippen molar-refractivity contribution in [3.8, 4) is 0 Å². The van der Waals surface area contributed by atoms with Crippen molar-refractivity contribution >= 4 is 27.4 Å². The van der Waals surface area contributed by atoms with Crippen LogP contribution in [0.15, 0.2) is 23.6 Å². The van der Waals surface area contributed by atoms with E-state index >= 15 is 0 Å². The minimum absolute atomic E-state index is 0.340. The van der Waals surface area contributed by atoms with Gasteiger partial charge in [-0.2, -0.15) is 0 Å². The highest BCUT2D eigenvalue weighted by atomic mass is 32.1. The average Bonchev–Trinajstić information content (AvgIpc) is 2.60. The monoisotopic (exact) mass is 238 g/mol. The maximum absolute atomic E-state index is 13.1. The van der Waals surface area contributed by atoms with Crippen molar-refractivity contribution in [3.63, 3.8) is 0 Å². The Morgan fingerprint density at radius 2 is 2.12 bits per heavy atom. The molecule has 1 aromatic carbocycles. The van der Waals surface area contributed by atoms with E-state index in [2.05, 4.69) is 0 Å². The molecule has 0 fully saturated rings. The Bertz CT molecular complexity index is 557. The van der Waals surface area contributed by atoms with Crippen LogP contribution >= 0.6 is 11.3 Å². The number of halogens is 1. The Balaban J connectivity index is 2.70. The van der Waals surface area contributed by atoms with Gasteiger partial charge in [-0.1, -0.05) is 0 Å². The zero-order chi connectivity index (χ0) is 11.9. The third kappa shape index (κ3) is 1.59. The lowest BCUT2D eigenvalue weighted by atomic mass is 9.85. The quantitative estimate of drug-likeness (QED) is 0.870. The molecule has 0 aliphatic carbocycles. The van der Waals surface area contributed by atoms with Crippen LogP contribution in [0, 0.1) is 5.82 Å². The molecule has 0 amide bonds. The third-order valence-corrected chi connectivity index (χ3v) is 3.71. The van der Waals surface area contributed by atoms with Gasteiger partial charge in [-0.25, -0.2) is 4.39 Å². The van der Waals surface area contributed by atoms with Crippen molar-refractivity contribution in [2.24, 2.45) is 0 Å². The number of aliphatic carboxylic acids is 1. The summed E-state index contributed by atoms with van der Waals surface area (Å²) in [6.07, 6.45) is 0. The van der Waals surface area contributed by atoms with Crippen molar-refractivity contribution in [1.82, 2.24) is 0 Å². The second kappa shape index (κ2) is 3.56. The number of carboxylic acid groups (broad SMARTS) is 1. The Morgan fingerprint density at radius 1 is 1.44 bits per heavy atom. The number of fused-ring (bicyclic) bond motifs is 1. The van der Waals surface area contributed by atoms with Crippen molar-refractivity contribution in [2.75, 3.05) is 0 Å². The van der Waals surface area contributed by atoms with Gasteiger partial charge < -0.3 is 5.11 Å². The number of benzene rings is 1. The van der Waals surface area contributed by atoms with Crippen LogP contribution in [0.4, 0.5) is 4.39 Å². The van der Waals surface area contributed by atoms with Crippen LogP contribution in [0.5, 0.6) is 0 Å². The van der Waals surface area contributed by atoms with E-state index in [0.29, 0.717) is 10.9 Å². The van der Waals surface area contributed by atoms with Gasteiger partial charge in [-0.15, -0.1) is 11.3 Å². The summed E-state index contributed by atoms with van der Waals surface area (Å²) in [4.78, 5) is 11.2. The predicted molar refractivity (Wildman–Crippen MR) is 62.4 cm³/mol. The number of hydrogen-bond donors (Lipinski definition) is 1. The van der Waals surface area contributed by atoms with Crippen LogP contribution in [0.3, 0.4) is 0 Å². The summed E-state index contributed by atoms with van der Waals surface area (Å²) in [6, 6.07) is 4.46. The maximum atomic E-state index is 13.1. The second-order valence-corrected chi connectivity index (χ2v) is 5.13. The highest BCUT2D eigenvalue weighted by Gasteiger charge is 2.31. The fourth-order valence-corrected chi connectivity index (χ4v) is 2.71. The molecule has 0 bridgehead atoms. The van der Waals surface area contributed by atoms with Crippen molar-refractivity contribution in [3.05, 3.63) is 35.0 Å². The largest absolute Gasteiger partial charge is 0.481 e. The third-order valence-electron chi connectivity index (χ3n) is 2.74. The number of thiophene rings is 1. The van der Waals surface area contributed by atoms with Crippen LogP contribution in [-0.4, -0.2) is 11.1 Å². The minimum Gasteiger partial charge on any atom is -0.481 e. The molecule has 16 heavy (non-hydrogen) atoms. The van der Waals surface area contributed by atoms with Gasteiger partial charge in [-0.3, -0.25) is 4.79 Å². The van der Waals surface area contributed by atoms with E-state index in [1.807, 2.05) is 0 Å². The average molecular weight is 238 g/mol. The lowest BCUT2D eigenvalue weighted by Gasteiger charge is -2.18. The predicted octanol–water partition coefficient (Wildman–Crippen LogP) is 3.40. The molecule has 0 atom stereocenters. The fourth-order valence-electron chi connectivity index (χ4n) is 1.60. The van der Waals surface area contributed by atoms with E-state index in [4.69, 9.17) is 5.11 Å². The molecule has 0 radical (unpaired) electrons. The van der Waals surface area contributed by atoms with Gasteiger partial charge in [0.1, 0.15) is 5.82 Å². The highest BCUT2D eigenvalue weighted by Crippen LogP contribution is 2.35. The van der Waals surface area contributed by atoms with E-state index in [-0.39, 0.29) is 5.82 Å². The van der Waals surface area contributed by atoms with Crippen molar-refractivity contribution in [2.45, 2.75) is 19.3 Å². The number of hydrogen-bond acceptors (Lipinski definition) is 2. The van der Waals surface area contributed by atoms with Crippen LogP contribution < -0.4 is 0 Å². The van der Waals surface area contributed by atoms with Gasteiger partial charge in [0.2, 0.25) is 0 Å². The Hall–Kier alpha value is -1.42. The molecule has 0 saturated carbocycles. The molecule has 1 aromatic heterocycles. The maximum Gasteiger partial charge on any atom is 0.313 e. The summed E-state index contributed by atoms with van der Waals surface area (Å²) in [5.74, 6) is -1.25. The second-order valence-electron chi connectivity index (χ2n) is 4.22. The molecule has 2 nitrogen and oxygen atoms in total. The molecular formula is C12H11FO2S. The van der Waals surface area contributed by atoms with Crippen LogP contribution in [0.2, 0.25) is 0 Å². The fraction of sp³-hybridized carbons (Fsp3) is 0.250. The summed E-state index contributed by atoms with van der Waals surface area (Å²) in [5, 5.41) is 11.6. The van der Waals surface area contributed by atoms with Gasteiger partial charge in [0.25, 0.3) is 0 Å². The summed E-state index contributed by atoms with van der Waals surface area (Å²) in [7, 11) is 0. The van der Waals surface area contributed by atoms with E-state index in [1.165, 1.54) is 23.5 Å². The molecule has 1 N–H and O–H groups in total. The van der Waals surface area contributed by atoms with E-state index in [9.17, 15) is 9.18 Å². The zero-order valence-corrected chi connectivity index (χ0v) is 9.77. The first-order valence-electron chi connectivity index (χ1n) is 4.83. The summed E-state index contributed by atoms with van der Waals surface area (Å²) < 4.78 is 14.0. The Morgan fingerprint density at radius 3 is 2.75 bits per heavy atom. The lowest BCUT2D eigenvalue weighted by Crippen LogP contribution is -2.28. The van der Waals surface area contributed by atoms with Gasteiger partial charge >= 0.3 is 5.97 Å². The molecule has 0 aliphatic heterocycles. The van der Waals surface area contributed by atoms with Crippen LogP contribution in [0.1, 0.15) is 19.4 Å². The first-order chi connectivity index (χ1) is 7.43. The van der Waals surface area contributed by atoms with Crippen LogP contribution in [-0.2, 0) is 10.2 Å². The Labute approximate surface area is 96.3 Å². The molecule has 4 heteroatoms. The topological polar surface area (TPSA) is 37.3 Å². The highest BCUT2D eigenvalue weighted by molar-refractivity contribution is 7.17. The van der Waals surface area contributed by atoms with E-state index < -0.39 is 11.4 Å². The minimum atomic E-state index is -0.994. The Kier molecular flexibility index (Phi) is 2.46.